The molecule has 0 aromatic carbocycles. The molecule has 6 nitrogen and oxygen atoms in total. The van der Waals surface area contributed by atoms with Crippen LogP contribution < -0.4 is 5.32 Å². The number of nitrogens with one attached hydrogen (secondary N) is 1. The molecular formula is C13H19N3O3S. The molecule has 1 aliphatic heterocycles. The third kappa shape index (κ3) is 3.47. The van der Waals surface area contributed by atoms with Gasteiger partial charge in [-0.25, -0.2) is 9.59 Å². The van der Waals surface area contributed by atoms with E-state index in [0.717, 1.165) is 17.7 Å². The number of carboxylic acid groups (broad SMARTS) is 1. The van der Waals surface area contributed by atoms with Crippen LogP contribution in [0.3, 0.4) is 0 Å². The number of carbonyl (C=O) groups is 2. The monoisotopic (exact) mass is 297 g/mol. The first-order valence-electron chi connectivity index (χ1n) is 6.76. The number of thiazole rings is 1. The molecule has 2 rings (SSSR count). The summed E-state index contributed by atoms with van der Waals surface area (Å²) in [7, 11) is 0. The highest BCUT2D eigenvalue weighted by Gasteiger charge is 2.35. The quantitative estimate of drug-likeness (QED) is 0.889. The zero-order chi connectivity index (χ0) is 14.5. The van der Waals surface area contributed by atoms with Crippen LogP contribution in [0.4, 0.5) is 4.79 Å². The lowest BCUT2D eigenvalue weighted by atomic mass is 9.89. The molecule has 110 valence electrons. The first kappa shape index (κ1) is 14.8. The summed E-state index contributed by atoms with van der Waals surface area (Å²) in [6, 6.07) is -1.02. The number of hydrogen-bond donors (Lipinski definition) is 2. The van der Waals surface area contributed by atoms with Crippen LogP contribution in [0.15, 0.2) is 11.7 Å². The summed E-state index contributed by atoms with van der Waals surface area (Å²) in [5.74, 6) is -0.530. The van der Waals surface area contributed by atoms with Gasteiger partial charge in [0, 0.05) is 17.6 Å². The van der Waals surface area contributed by atoms with Crippen molar-refractivity contribution in [1.29, 1.82) is 0 Å². The number of carbonyl (C=O) groups excluding carboxylic acids is 1. The van der Waals surface area contributed by atoms with E-state index < -0.39 is 12.0 Å². The Morgan fingerprint density at radius 3 is 3.00 bits per heavy atom. The minimum absolute atomic E-state index is 0.305. The van der Waals surface area contributed by atoms with Crippen LogP contribution in [-0.4, -0.2) is 39.6 Å². The zero-order valence-electron chi connectivity index (χ0n) is 11.4. The van der Waals surface area contributed by atoms with Gasteiger partial charge in [-0.1, -0.05) is 13.3 Å². The summed E-state index contributed by atoms with van der Waals surface area (Å²) >= 11 is 1.46. The van der Waals surface area contributed by atoms with Crippen molar-refractivity contribution in [3.05, 3.63) is 16.6 Å². The van der Waals surface area contributed by atoms with Crippen molar-refractivity contribution >= 4 is 23.3 Å². The summed E-state index contributed by atoms with van der Waals surface area (Å²) in [6.45, 7) is 2.96. The molecule has 1 aromatic heterocycles. The van der Waals surface area contributed by atoms with E-state index in [4.69, 9.17) is 0 Å². The first-order chi connectivity index (χ1) is 9.61. The Labute approximate surface area is 121 Å². The summed E-state index contributed by atoms with van der Waals surface area (Å²) in [5, 5.41) is 12.1. The largest absolute Gasteiger partial charge is 0.480 e. The second-order valence-corrected chi connectivity index (χ2v) is 5.94. The molecule has 1 aromatic rings. The Kier molecular flexibility index (Phi) is 4.94. The molecule has 2 unspecified atom stereocenters. The van der Waals surface area contributed by atoms with Gasteiger partial charge in [0.2, 0.25) is 0 Å². The number of aromatic nitrogens is 1. The highest BCUT2D eigenvalue weighted by atomic mass is 32.1. The van der Waals surface area contributed by atoms with E-state index in [-0.39, 0.29) is 6.03 Å². The van der Waals surface area contributed by atoms with E-state index in [1.807, 2.05) is 0 Å². The molecule has 2 heterocycles. The van der Waals surface area contributed by atoms with Crippen molar-refractivity contribution in [1.82, 2.24) is 15.2 Å². The fraction of sp³-hybridized carbons (Fsp3) is 0.615. The van der Waals surface area contributed by atoms with Crippen molar-refractivity contribution in [2.75, 3.05) is 6.54 Å². The molecule has 0 bridgehead atoms. The van der Waals surface area contributed by atoms with Gasteiger partial charge in [0.1, 0.15) is 6.04 Å². The molecule has 2 N–H and O–H groups in total. The molecule has 2 amide bonds. The molecule has 1 aliphatic rings. The molecule has 1 fully saturated rings. The molecular weight excluding hydrogens is 278 g/mol. The van der Waals surface area contributed by atoms with Crippen molar-refractivity contribution in [2.24, 2.45) is 5.92 Å². The Hall–Kier alpha value is -1.63. The van der Waals surface area contributed by atoms with Crippen molar-refractivity contribution in [2.45, 2.75) is 38.8 Å². The zero-order valence-corrected chi connectivity index (χ0v) is 12.2. The number of likely N-dealkylation sites (tertiary alicyclic amines) is 1. The van der Waals surface area contributed by atoms with Crippen molar-refractivity contribution in [3.63, 3.8) is 0 Å². The highest BCUT2D eigenvalue weighted by Crippen LogP contribution is 2.25. The van der Waals surface area contributed by atoms with Crippen LogP contribution in [0.1, 0.15) is 31.1 Å². The van der Waals surface area contributed by atoms with E-state index >= 15 is 0 Å². The van der Waals surface area contributed by atoms with Crippen molar-refractivity contribution < 1.29 is 14.7 Å². The maximum atomic E-state index is 12.1. The van der Waals surface area contributed by atoms with E-state index in [1.165, 1.54) is 16.2 Å². The normalized spacial score (nSPS) is 22.6. The third-order valence-corrected chi connectivity index (χ3v) is 4.51. The number of hydrogen-bond acceptors (Lipinski definition) is 4. The van der Waals surface area contributed by atoms with Gasteiger partial charge in [-0.15, -0.1) is 11.3 Å². The summed E-state index contributed by atoms with van der Waals surface area (Å²) < 4.78 is 0. The molecule has 2 atom stereocenters. The van der Waals surface area contributed by atoms with E-state index in [1.54, 1.807) is 11.7 Å². The summed E-state index contributed by atoms with van der Waals surface area (Å²) in [5.41, 5.74) is 1.70. The highest BCUT2D eigenvalue weighted by molar-refractivity contribution is 7.09. The Balaban J connectivity index is 1.94. The number of carboxylic acids is 1. The standard InChI is InChI=1S/C13H19N3O3S/c1-2-9-3-4-16(11(5-9)12(17)18)13(19)15-7-10-6-14-8-20-10/h6,8-9,11H,2-5,7H2,1H3,(H,15,19)(H,17,18). The minimum atomic E-state index is -0.920. The second-order valence-electron chi connectivity index (χ2n) is 4.97. The number of aliphatic carboxylic acids is 1. The summed E-state index contributed by atoms with van der Waals surface area (Å²) in [4.78, 5) is 29.8. The lowest BCUT2D eigenvalue weighted by Crippen LogP contribution is -2.53. The predicted octanol–water partition coefficient (Wildman–Crippen LogP) is 1.93. The molecule has 0 saturated carbocycles. The van der Waals surface area contributed by atoms with Gasteiger partial charge in [0.05, 0.1) is 12.1 Å². The van der Waals surface area contributed by atoms with Crippen molar-refractivity contribution in [3.8, 4) is 0 Å². The van der Waals surface area contributed by atoms with Gasteiger partial charge >= 0.3 is 12.0 Å². The third-order valence-electron chi connectivity index (χ3n) is 3.73. The molecule has 20 heavy (non-hydrogen) atoms. The minimum Gasteiger partial charge on any atom is -0.480 e. The first-order valence-corrected chi connectivity index (χ1v) is 7.64. The van der Waals surface area contributed by atoms with Gasteiger partial charge < -0.3 is 15.3 Å². The molecule has 7 heteroatoms. The smallest absolute Gasteiger partial charge is 0.326 e. The van der Waals surface area contributed by atoms with Gasteiger partial charge in [-0.05, 0) is 18.8 Å². The topological polar surface area (TPSA) is 82.5 Å². The maximum absolute atomic E-state index is 12.1. The fourth-order valence-electron chi connectivity index (χ4n) is 2.48. The van der Waals surface area contributed by atoms with Crippen LogP contribution in [0.2, 0.25) is 0 Å². The van der Waals surface area contributed by atoms with Gasteiger partial charge in [0.25, 0.3) is 0 Å². The predicted molar refractivity (Wildman–Crippen MR) is 75.5 cm³/mol. The number of piperidine rings is 1. The van der Waals surface area contributed by atoms with E-state index in [9.17, 15) is 14.7 Å². The number of amides is 2. The second kappa shape index (κ2) is 6.69. The lowest BCUT2D eigenvalue weighted by Gasteiger charge is -2.36. The SMILES string of the molecule is CCC1CCN(C(=O)NCc2cncs2)C(C(=O)O)C1. The average Bonchev–Trinajstić information content (AvgIpc) is 2.97. The van der Waals surface area contributed by atoms with Crippen LogP contribution in [0.5, 0.6) is 0 Å². The number of nitrogens with zero attached hydrogens (tertiary/aromatic N) is 2. The molecule has 0 spiro atoms. The molecule has 1 saturated heterocycles. The van der Waals surface area contributed by atoms with Gasteiger partial charge in [0.15, 0.2) is 0 Å². The van der Waals surface area contributed by atoms with E-state index in [0.29, 0.717) is 25.4 Å². The Bertz CT molecular complexity index is 463. The summed E-state index contributed by atoms with van der Waals surface area (Å²) in [6.07, 6.45) is 4.07. The van der Waals surface area contributed by atoms with Crippen LogP contribution in [0.25, 0.3) is 0 Å². The van der Waals surface area contributed by atoms with Gasteiger partial charge in [-0.2, -0.15) is 0 Å². The van der Waals surface area contributed by atoms with Gasteiger partial charge in [-0.3, -0.25) is 4.98 Å². The Morgan fingerprint density at radius 1 is 1.60 bits per heavy atom. The molecule has 0 radical (unpaired) electrons. The average molecular weight is 297 g/mol. The van der Waals surface area contributed by atoms with Crippen LogP contribution >= 0.6 is 11.3 Å². The maximum Gasteiger partial charge on any atom is 0.326 e. The van der Waals surface area contributed by atoms with E-state index in [2.05, 4.69) is 17.2 Å². The Morgan fingerprint density at radius 2 is 2.40 bits per heavy atom. The number of urea groups is 1. The van der Waals surface area contributed by atoms with Crippen LogP contribution in [-0.2, 0) is 11.3 Å². The number of rotatable bonds is 4. The fourth-order valence-corrected chi connectivity index (χ4v) is 3.01. The van der Waals surface area contributed by atoms with Crippen LogP contribution in [0, 0.1) is 5.92 Å². The lowest BCUT2D eigenvalue weighted by molar-refractivity contribution is -0.144. The molecule has 0 aliphatic carbocycles.